The molecule has 2 fully saturated rings. The lowest BCUT2D eigenvalue weighted by Crippen LogP contribution is -2.59. The summed E-state index contributed by atoms with van der Waals surface area (Å²) >= 11 is 1.34. The van der Waals surface area contributed by atoms with E-state index in [0.29, 0.717) is 4.21 Å². The van der Waals surface area contributed by atoms with Crippen LogP contribution in [-0.2, 0) is 10.0 Å². The molecule has 1 unspecified atom stereocenters. The number of hydrogen-bond acceptors (Lipinski definition) is 4. The SMILES string of the molecule is Cc1ccc(S(=O)(=O)NC2CCNC3(CCC3)C2)s1. The molecule has 4 nitrogen and oxygen atoms in total. The number of rotatable bonds is 3. The second kappa shape index (κ2) is 4.84. The Labute approximate surface area is 118 Å². The molecule has 2 N–H and O–H groups in total. The molecule has 2 aliphatic rings. The molecule has 1 saturated heterocycles. The fraction of sp³-hybridized carbons (Fsp3) is 0.692. The summed E-state index contributed by atoms with van der Waals surface area (Å²) in [6, 6.07) is 3.63. The highest BCUT2D eigenvalue weighted by molar-refractivity contribution is 7.91. The van der Waals surface area contributed by atoms with E-state index in [-0.39, 0.29) is 11.6 Å². The molecule has 0 radical (unpaired) electrons. The van der Waals surface area contributed by atoms with Crippen molar-refractivity contribution >= 4 is 21.4 Å². The number of nitrogens with one attached hydrogen (secondary N) is 2. The van der Waals surface area contributed by atoms with E-state index < -0.39 is 10.0 Å². The highest BCUT2D eigenvalue weighted by atomic mass is 32.2. The molecule has 1 atom stereocenters. The van der Waals surface area contributed by atoms with Crippen LogP contribution in [0, 0.1) is 6.92 Å². The molecule has 106 valence electrons. The van der Waals surface area contributed by atoms with Gasteiger partial charge in [-0.05, 0) is 57.7 Å². The van der Waals surface area contributed by atoms with Crippen LogP contribution in [0.1, 0.15) is 37.0 Å². The molecular formula is C13H20N2O2S2. The summed E-state index contributed by atoms with van der Waals surface area (Å²) in [5.41, 5.74) is 0.219. The molecule has 19 heavy (non-hydrogen) atoms. The highest BCUT2D eigenvalue weighted by Gasteiger charge is 2.41. The minimum atomic E-state index is -3.33. The molecule has 0 aromatic carbocycles. The Kier molecular flexibility index (Phi) is 3.45. The maximum atomic E-state index is 12.3. The van der Waals surface area contributed by atoms with E-state index in [9.17, 15) is 8.42 Å². The first-order valence-electron chi connectivity index (χ1n) is 6.83. The third-order valence-electron chi connectivity index (χ3n) is 4.24. The van der Waals surface area contributed by atoms with Crippen LogP contribution in [0.5, 0.6) is 0 Å². The van der Waals surface area contributed by atoms with Gasteiger partial charge in [-0.3, -0.25) is 0 Å². The molecule has 6 heteroatoms. The average Bonchev–Trinajstić information content (AvgIpc) is 2.74. The molecule has 1 saturated carbocycles. The average molecular weight is 300 g/mol. The van der Waals surface area contributed by atoms with E-state index in [4.69, 9.17) is 0 Å². The monoisotopic (exact) mass is 300 g/mol. The lowest BCUT2D eigenvalue weighted by molar-refractivity contribution is 0.126. The molecule has 0 amide bonds. The highest BCUT2D eigenvalue weighted by Crippen LogP contribution is 2.38. The third-order valence-corrected chi connectivity index (χ3v) is 7.26. The summed E-state index contributed by atoms with van der Waals surface area (Å²) < 4.78 is 27.9. The molecule has 1 spiro atoms. The Morgan fingerprint density at radius 2 is 2.21 bits per heavy atom. The Hall–Kier alpha value is -0.430. The third kappa shape index (κ3) is 2.72. The predicted octanol–water partition coefficient (Wildman–Crippen LogP) is 2.01. The summed E-state index contributed by atoms with van der Waals surface area (Å²) in [7, 11) is -3.33. The summed E-state index contributed by atoms with van der Waals surface area (Å²) in [5, 5.41) is 3.56. The number of thiophene rings is 1. The van der Waals surface area contributed by atoms with Gasteiger partial charge in [0.1, 0.15) is 4.21 Å². The molecule has 1 aliphatic heterocycles. The Morgan fingerprint density at radius 1 is 1.42 bits per heavy atom. The van der Waals surface area contributed by atoms with Crippen molar-refractivity contribution in [1.29, 1.82) is 0 Å². The maximum absolute atomic E-state index is 12.3. The van der Waals surface area contributed by atoms with Gasteiger partial charge in [-0.15, -0.1) is 11.3 Å². The first kappa shape index (κ1) is 13.5. The normalized spacial score (nSPS) is 26.3. The first-order chi connectivity index (χ1) is 8.99. The molecule has 1 aromatic rings. The van der Waals surface area contributed by atoms with Crippen LogP contribution in [0.3, 0.4) is 0 Å². The smallest absolute Gasteiger partial charge is 0.250 e. The van der Waals surface area contributed by atoms with Gasteiger partial charge in [0.05, 0.1) is 0 Å². The zero-order valence-corrected chi connectivity index (χ0v) is 12.7. The predicted molar refractivity (Wildman–Crippen MR) is 77.0 cm³/mol. The van der Waals surface area contributed by atoms with E-state index in [1.54, 1.807) is 6.07 Å². The number of piperidine rings is 1. The molecule has 1 aromatic heterocycles. The molecular weight excluding hydrogens is 280 g/mol. The van der Waals surface area contributed by atoms with Crippen LogP contribution >= 0.6 is 11.3 Å². The second-order valence-electron chi connectivity index (χ2n) is 5.74. The Bertz CT molecular complexity index is 561. The molecule has 3 rings (SSSR count). The summed E-state index contributed by atoms with van der Waals surface area (Å²) in [4.78, 5) is 1.03. The van der Waals surface area contributed by atoms with Gasteiger partial charge in [0, 0.05) is 16.5 Å². The van der Waals surface area contributed by atoms with Crippen molar-refractivity contribution in [3.8, 4) is 0 Å². The van der Waals surface area contributed by atoms with Crippen molar-refractivity contribution in [2.24, 2.45) is 0 Å². The van der Waals surface area contributed by atoms with Crippen molar-refractivity contribution in [1.82, 2.24) is 10.0 Å². The number of sulfonamides is 1. The fourth-order valence-electron chi connectivity index (χ4n) is 3.08. The van der Waals surface area contributed by atoms with Crippen molar-refractivity contribution < 1.29 is 8.42 Å². The van der Waals surface area contributed by atoms with Gasteiger partial charge in [-0.1, -0.05) is 0 Å². The van der Waals surface area contributed by atoms with Gasteiger partial charge >= 0.3 is 0 Å². The van der Waals surface area contributed by atoms with Gasteiger partial charge in [-0.2, -0.15) is 0 Å². The van der Waals surface area contributed by atoms with Gasteiger partial charge < -0.3 is 5.32 Å². The van der Waals surface area contributed by atoms with Gasteiger partial charge in [0.15, 0.2) is 0 Å². The number of aryl methyl sites for hydroxylation is 1. The maximum Gasteiger partial charge on any atom is 0.250 e. The van der Waals surface area contributed by atoms with Crippen LogP contribution < -0.4 is 10.0 Å². The van der Waals surface area contributed by atoms with Crippen molar-refractivity contribution in [2.45, 2.75) is 54.8 Å². The van der Waals surface area contributed by atoms with E-state index in [2.05, 4.69) is 10.0 Å². The Morgan fingerprint density at radius 3 is 2.79 bits per heavy atom. The first-order valence-corrected chi connectivity index (χ1v) is 9.13. The number of hydrogen-bond donors (Lipinski definition) is 2. The van der Waals surface area contributed by atoms with Gasteiger partial charge in [0.25, 0.3) is 0 Å². The van der Waals surface area contributed by atoms with Crippen LogP contribution in [0.4, 0.5) is 0 Å². The summed E-state index contributed by atoms with van der Waals surface area (Å²) in [6.07, 6.45) is 5.44. The Balaban J connectivity index is 1.70. The van der Waals surface area contributed by atoms with Crippen LogP contribution in [0.15, 0.2) is 16.3 Å². The molecule has 0 bridgehead atoms. The standard InChI is InChI=1S/C13H20N2O2S2/c1-10-3-4-12(18-10)19(16,17)15-11-5-8-14-13(9-11)6-2-7-13/h3-4,11,14-15H,2,5-9H2,1H3. The van der Waals surface area contributed by atoms with E-state index in [1.807, 2.05) is 13.0 Å². The summed E-state index contributed by atoms with van der Waals surface area (Å²) in [6.45, 7) is 2.84. The van der Waals surface area contributed by atoms with E-state index in [0.717, 1.165) is 24.3 Å². The van der Waals surface area contributed by atoms with E-state index >= 15 is 0 Å². The van der Waals surface area contributed by atoms with Crippen molar-refractivity contribution in [3.63, 3.8) is 0 Å². The van der Waals surface area contributed by atoms with Crippen molar-refractivity contribution in [2.75, 3.05) is 6.54 Å². The lowest BCUT2D eigenvalue weighted by Gasteiger charge is -2.48. The zero-order valence-electron chi connectivity index (χ0n) is 11.1. The lowest BCUT2D eigenvalue weighted by atomic mass is 9.70. The van der Waals surface area contributed by atoms with Crippen LogP contribution in [0.25, 0.3) is 0 Å². The van der Waals surface area contributed by atoms with Crippen molar-refractivity contribution in [3.05, 3.63) is 17.0 Å². The van der Waals surface area contributed by atoms with Gasteiger partial charge in [-0.25, -0.2) is 13.1 Å². The van der Waals surface area contributed by atoms with Gasteiger partial charge in [0.2, 0.25) is 10.0 Å². The fourth-order valence-corrected chi connectivity index (χ4v) is 5.65. The van der Waals surface area contributed by atoms with Crippen LogP contribution in [-0.4, -0.2) is 26.5 Å². The minimum absolute atomic E-state index is 0.0777. The molecule has 2 heterocycles. The largest absolute Gasteiger partial charge is 0.311 e. The second-order valence-corrected chi connectivity index (χ2v) is 8.97. The van der Waals surface area contributed by atoms with Crippen LogP contribution in [0.2, 0.25) is 0 Å². The molecule has 1 aliphatic carbocycles. The zero-order chi connectivity index (χ0) is 13.5. The summed E-state index contributed by atoms with van der Waals surface area (Å²) in [5.74, 6) is 0. The topological polar surface area (TPSA) is 58.2 Å². The minimum Gasteiger partial charge on any atom is -0.311 e. The van der Waals surface area contributed by atoms with E-state index in [1.165, 1.54) is 30.6 Å². The quantitative estimate of drug-likeness (QED) is 0.898.